The number of hydrogen-bond acceptors (Lipinski definition) is 6. The Morgan fingerprint density at radius 3 is 2.69 bits per heavy atom. The number of carbonyl (C=O) groups excluding carboxylic acids is 1. The van der Waals surface area contributed by atoms with E-state index in [1.54, 1.807) is 6.92 Å². The minimum absolute atomic E-state index is 0.0857. The monoisotopic (exact) mass is 405 g/mol. The minimum Gasteiger partial charge on any atom is -0.489 e. The summed E-state index contributed by atoms with van der Waals surface area (Å²) in [5, 5.41) is 8.72. The molecule has 0 radical (unpaired) electrons. The number of thioether (sulfide) groups is 1. The van der Waals surface area contributed by atoms with Gasteiger partial charge in [0.2, 0.25) is 0 Å². The Balaban J connectivity index is 1.46. The number of Topliss-reactive ketones (excluding diaryl/α,β-unsaturated/α-hetero) is 1. The summed E-state index contributed by atoms with van der Waals surface area (Å²) in [6, 6.07) is 21.5. The van der Waals surface area contributed by atoms with Crippen LogP contribution in [0.15, 0.2) is 76.3 Å². The van der Waals surface area contributed by atoms with Crippen LogP contribution in [0.25, 0.3) is 22.9 Å². The highest BCUT2D eigenvalue weighted by Gasteiger charge is 2.12. The number of ether oxygens (including phenoxy) is 1. The predicted molar refractivity (Wildman–Crippen MR) is 112 cm³/mol. The molecule has 7 heteroatoms. The number of nitrogens with zero attached hydrogens (tertiary/aromatic N) is 2. The van der Waals surface area contributed by atoms with Crippen molar-refractivity contribution in [3.05, 3.63) is 72.3 Å². The highest BCUT2D eigenvalue weighted by Crippen LogP contribution is 2.29. The van der Waals surface area contributed by atoms with E-state index in [1.807, 2.05) is 66.7 Å². The highest BCUT2D eigenvalue weighted by atomic mass is 32.2. The molecule has 0 saturated heterocycles. The molecule has 1 N–H and O–H groups in total. The number of furan rings is 1. The molecular weight excluding hydrogens is 386 g/mol. The van der Waals surface area contributed by atoms with Crippen molar-refractivity contribution in [2.75, 3.05) is 5.75 Å². The summed E-state index contributed by atoms with van der Waals surface area (Å²) in [6.45, 7) is 2.05. The molecule has 0 amide bonds. The molecule has 6 nitrogen and oxygen atoms in total. The van der Waals surface area contributed by atoms with Crippen LogP contribution in [0.2, 0.25) is 0 Å². The minimum atomic E-state index is 0.0857. The van der Waals surface area contributed by atoms with Gasteiger partial charge in [0.15, 0.2) is 16.7 Å². The summed E-state index contributed by atoms with van der Waals surface area (Å²) < 4.78 is 11.8. The van der Waals surface area contributed by atoms with E-state index >= 15 is 0 Å². The van der Waals surface area contributed by atoms with Crippen LogP contribution in [0, 0.1) is 0 Å². The predicted octanol–water partition coefficient (Wildman–Crippen LogP) is 4.99. The fourth-order valence-electron chi connectivity index (χ4n) is 2.69. The standard InChI is InChI=1S/C22H19N3O3S/c1-15(26)14-29-22-23-21(24-25-22)20-11-10-19(28-20)17-8-5-9-18(12-17)27-13-16-6-3-2-4-7-16/h2-12H,13-14H2,1H3,(H,23,24,25). The van der Waals surface area contributed by atoms with Crippen LogP contribution in [0.1, 0.15) is 12.5 Å². The second-order valence-electron chi connectivity index (χ2n) is 6.44. The molecule has 0 atom stereocenters. The lowest BCUT2D eigenvalue weighted by Gasteiger charge is -2.07. The largest absolute Gasteiger partial charge is 0.489 e. The van der Waals surface area contributed by atoms with Crippen LogP contribution in [0.3, 0.4) is 0 Å². The van der Waals surface area contributed by atoms with Crippen molar-refractivity contribution in [3.63, 3.8) is 0 Å². The number of benzene rings is 2. The Labute approximate surface area is 172 Å². The third-order valence-electron chi connectivity index (χ3n) is 4.08. The number of carbonyl (C=O) groups is 1. The molecule has 2 heterocycles. The summed E-state index contributed by atoms with van der Waals surface area (Å²) in [5.41, 5.74) is 2.02. The van der Waals surface area contributed by atoms with Gasteiger partial charge < -0.3 is 14.1 Å². The van der Waals surface area contributed by atoms with Gasteiger partial charge in [0, 0.05) is 5.56 Å². The molecule has 0 spiro atoms. The lowest BCUT2D eigenvalue weighted by atomic mass is 10.1. The number of H-pyrrole nitrogens is 1. The maximum atomic E-state index is 11.1. The van der Waals surface area contributed by atoms with E-state index in [4.69, 9.17) is 9.15 Å². The third-order valence-corrected chi connectivity index (χ3v) is 5.09. The molecule has 0 aliphatic heterocycles. The van der Waals surface area contributed by atoms with E-state index in [9.17, 15) is 4.79 Å². The second kappa shape index (κ2) is 8.79. The zero-order chi connectivity index (χ0) is 20.1. The fourth-order valence-corrected chi connectivity index (χ4v) is 3.30. The molecule has 2 aromatic carbocycles. The Bertz CT molecular complexity index is 1110. The van der Waals surface area contributed by atoms with Crippen LogP contribution in [0.5, 0.6) is 5.75 Å². The number of rotatable bonds is 8. The Hall–Kier alpha value is -3.32. The first-order valence-electron chi connectivity index (χ1n) is 9.10. The molecule has 29 heavy (non-hydrogen) atoms. The van der Waals surface area contributed by atoms with Crippen molar-refractivity contribution in [2.45, 2.75) is 18.7 Å². The van der Waals surface area contributed by atoms with Gasteiger partial charge in [-0.25, -0.2) is 0 Å². The molecular formula is C22H19N3O3S. The van der Waals surface area contributed by atoms with Gasteiger partial charge in [0.1, 0.15) is 23.9 Å². The van der Waals surface area contributed by atoms with E-state index in [0.717, 1.165) is 16.9 Å². The molecule has 0 aliphatic carbocycles. The van der Waals surface area contributed by atoms with E-state index in [2.05, 4.69) is 15.2 Å². The highest BCUT2D eigenvalue weighted by molar-refractivity contribution is 7.99. The van der Waals surface area contributed by atoms with E-state index < -0.39 is 0 Å². The first-order chi connectivity index (χ1) is 14.2. The van der Waals surface area contributed by atoms with Crippen molar-refractivity contribution < 1.29 is 13.9 Å². The average molecular weight is 405 g/mol. The summed E-state index contributed by atoms with van der Waals surface area (Å²) in [4.78, 5) is 14.2. The topological polar surface area (TPSA) is 81.0 Å². The first-order valence-corrected chi connectivity index (χ1v) is 10.1. The van der Waals surface area contributed by atoms with Crippen LogP contribution in [-0.2, 0) is 11.4 Å². The normalized spacial score (nSPS) is 10.8. The van der Waals surface area contributed by atoms with Crippen molar-refractivity contribution >= 4 is 17.5 Å². The van der Waals surface area contributed by atoms with Crippen molar-refractivity contribution in [1.82, 2.24) is 15.2 Å². The Kier molecular flexibility index (Phi) is 5.76. The molecule has 0 unspecified atom stereocenters. The van der Waals surface area contributed by atoms with Crippen molar-refractivity contribution in [1.29, 1.82) is 0 Å². The molecule has 0 saturated carbocycles. The smallest absolute Gasteiger partial charge is 0.197 e. The lowest BCUT2D eigenvalue weighted by Crippen LogP contribution is -1.94. The average Bonchev–Trinajstić information content (AvgIpc) is 3.41. The quantitative estimate of drug-likeness (QED) is 0.416. The maximum Gasteiger partial charge on any atom is 0.197 e. The summed E-state index contributed by atoms with van der Waals surface area (Å²) in [7, 11) is 0. The van der Waals surface area contributed by atoms with Crippen LogP contribution in [-0.4, -0.2) is 26.7 Å². The molecule has 4 aromatic rings. The zero-order valence-corrected chi connectivity index (χ0v) is 16.6. The molecule has 0 aliphatic rings. The van der Waals surface area contributed by atoms with Gasteiger partial charge in [-0.15, -0.1) is 10.2 Å². The number of ketones is 1. The van der Waals surface area contributed by atoms with Gasteiger partial charge in [-0.05, 0) is 36.8 Å². The zero-order valence-electron chi connectivity index (χ0n) is 15.8. The molecule has 146 valence electrons. The molecule has 0 bridgehead atoms. The number of aromatic nitrogens is 3. The van der Waals surface area contributed by atoms with Crippen molar-refractivity contribution in [2.24, 2.45) is 0 Å². The third kappa shape index (κ3) is 4.94. The van der Waals surface area contributed by atoms with Gasteiger partial charge in [-0.3, -0.25) is 4.79 Å². The molecule has 0 fully saturated rings. The lowest BCUT2D eigenvalue weighted by molar-refractivity contribution is -0.114. The van der Waals surface area contributed by atoms with Gasteiger partial charge >= 0.3 is 0 Å². The van der Waals surface area contributed by atoms with E-state index in [-0.39, 0.29) is 5.78 Å². The van der Waals surface area contributed by atoms with Crippen molar-refractivity contribution in [3.8, 4) is 28.7 Å². The summed E-state index contributed by atoms with van der Waals surface area (Å²) >= 11 is 1.32. The van der Waals surface area contributed by atoms with Gasteiger partial charge in [-0.2, -0.15) is 0 Å². The fraction of sp³-hybridized carbons (Fsp3) is 0.136. The number of hydrogen-bond donors (Lipinski definition) is 1. The first kappa shape index (κ1) is 19.0. The number of aromatic amines is 1. The Morgan fingerprint density at radius 2 is 1.86 bits per heavy atom. The summed E-state index contributed by atoms with van der Waals surface area (Å²) in [6.07, 6.45) is 0. The van der Waals surface area contributed by atoms with Gasteiger partial charge in [0.25, 0.3) is 0 Å². The van der Waals surface area contributed by atoms with E-state index in [1.165, 1.54) is 11.8 Å². The second-order valence-corrected chi connectivity index (χ2v) is 7.40. The van der Waals surface area contributed by atoms with Crippen LogP contribution in [0.4, 0.5) is 0 Å². The van der Waals surface area contributed by atoms with E-state index in [0.29, 0.717) is 34.9 Å². The molecule has 2 aromatic heterocycles. The Morgan fingerprint density at radius 1 is 1.03 bits per heavy atom. The van der Waals surface area contributed by atoms with Gasteiger partial charge in [0.05, 0.1) is 5.75 Å². The molecule has 4 rings (SSSR count). The van der Waals surface area contributed by atoms with Crippen LogP contribution < -0.4 is 4.74 Å². The maximum absolute atomic E-state index is 11.1. The van der Waals surface area contributed by atoms with Crippen LogP contribution >= 0.6 is 11.8 Å². The number of nitrogens with one attached hydrogen (secondary N) is 1. The van der Waals surface area contributed by atoms with Gasteiger partial charge in [-0.1, -0.05) is 54.2 Å². The summed E-state index contributed by atoms with van der Waals surface area (Å²) in [5.74, 6) is 3.03. The SMILES string of the molecule is CC(=O)CSc1nnc(-c2ccc(-c3cccc(OCc4ccccc4)c3)o2)[nH]1.